The molecule has 124 valence electrons. The summed E-state index contributed by atoms with van der Waals surface area (Å²) in [6.07, 6.45) is -0.833. The van der Waals surface area contributed by atoms with Gasteiger partial charge in [-0.15, -0.1) is 0 Å². The van der Waals surface area contributed by atoms with Crippen LogP contribution in [-0.2, 0) is 9.59 Å². The van der Waals surface area contributed by atoms with Crippen LogP contribution in [0.5, 0.6) is 5.75 Å². The number of ether oxygens (including phenoxy) is 1. The van der Waals surface area contributed by atoms with Crippen molar-refractivity contribution in [3.05, 3.63) is 52.5 Å². The van der Waals surface area contributed by atoms with E-state index in [9.17, 15) is 9.59 Å². The van der Waals surface area contributed by atoms with Gasteiger partial charge in [-0.1, -0.05) is 41.4 Å². The van der Waals surface area contributed by atoms with Crippen LogP contribution in [0.15, 0.2) is 42.5 Å². The average Bonchev–Trinajstić information content (AvgIpc) is 2.57. The summed E-state index contributed by atoms with van der Waals surface area (Å²) >= 11 is 12.0. The Morgan fingerprint density at radius 2 is 1.96 bits per heavy atom. The van der Waals surface area contributed by atoms with Gasteiger partial charge in [0.25, 0.3) is 5.91 Å². The molecule has 0 bridgehead atoms. The Bertz CT molecular complexity index is 810. The van der Waals surface area contributed by atoms with Gasteiger partial charge in [0.05, 0.1) is 16.4 Å². The van der Waals surface area contributed by atoms with Gasteiger partial charge in [0, 0.05) is 0 Å². The molecule has 1 atom stereocenters. The van der Waals surface area contributed by atoms with E-state index < -0.39 is 6.10 Å². The van der Waals surface area contributed by atoms with Crippen molar-refractivity contribution >= 4 is 46.4 Å². The lowest BCUT2D eigenvalue weighted by Crippen LogP contribution is -2.47. The number of benzene rings is 2. The number of carbonyl (C=O) groups excluding carboxylic acids is 2. The number of hydrogen-bond donors (Lipinski definition) is 1. The van der Waals surface area contributed by atoms with Crippen molar-refractivity contribution in [3.63, 3.8) is 0 Å². The van der Waals surface area contributed by atoms with Gasteiger partial charge in [0.15, 0.2) is 6.10 Å². The maximum atomic E-state index is 12.8. The molecule has 24 heavy (non-hydrogen) atoms. The molecule has 0 saturated carbocycles. The number of carbonyl (C=O) groups is 2. The van der Waals surface area contributed by atoms with Crippen molar-refractivity contribution in [3.8, 4) is 5.75 Å². The maximum Gasteiger partial charge on any atom is 0.268 e. The SMILES string of the molecule is CC(Oc1cccc(Cl)c1Cl)C(=O)N1CC(=O)Nc2ccccc21. The number of amides is 2. The van der Waals surface area contributed by atoms with E-state index in [0.717, 1.165) is 0 Å². The van der Waals surface area contributed by atoms with Crippen LogP contribution < -0.4 is 15.0 Å². The quantitative estimate of drug-likeness (QED) is 0.902. The van der Waals surface area contributed by atoms with Crippen molar-refractivity contribution in [2.75, 3.05) is 16.8 Å². The molecule has 1 heterocycles. The molecule has 1 N–H and O–H groups in total. The minimum absolute atomic E-state index is 0.0627. The third-order valence-electron chi connectivity index (χ3n) is 3.60. The number of hydrogen-bond acceptors (Lipinski definition) is 3. The van der Waals surface area contributed by atoms with Gasteiger partial charge in [0.2, 0.25) is 5.91 Å². The molecule has 0 spiro atoms. The van der Waals surface area contributed by atoms with Crippen molar-refractivity contribution in [2.45, 2.75) is 13.0 Å². The fraction of sp³-hybridized carbons (Fsp3) is 0.176. The topological polar surface area (TPSA) is 58.6 Å². The minimum Gasteiger partial charge on any atom is -0.479 e. The average molecular weight is 365 g/mol. The molecule has 0 aliphatic carbocycles. The highest BCUT2D eigenvalue weighted by Gasteiger charge is 2.30. The fourth-order valence-electron chi connectivity index (χ4n) is 2.47. The van der Waals surface area contributed by atoms with Gasteiger partial charge in [-0.3, -0.25) is 14.5 Å². The van der Waals surface area contributed by atoms with Crippen molar-refractivity contribution < 1.29 is 14.3 Å². The standard InChI is InChI=1S/C17H14Cl2N2O3/c1-10(24-14-8-4-5-11(18)16(14)19)17(23)21-9-15(22)20-12-6-2-3-7-13(12)21/h2-8,10H,9H2,1H3,(H,20,22). The van der Waals surface area contributed by atoms with E-state index in [1.807, 2.05) is 0 Å². The number of nitrogens with zero attached hydrogens (tertiary/aromatic N) is 1. The molecule has 2 aromatic carbocycles. The predicted octanol–water partition coefficient (Wildman–Crippen LogP) is 3.75. The van der Waals surface area contributed by atoms with Crippen molar-refractivity contribution in [1.82, 2.24) is 0 Å². The first-order valence-electron chi connectivity index (χ1n) is 7.28. The fourth-order valence-corrected chi connectivity index (χ4v) is 2.80. The number of nitrogens with one attached hydrogen (secondary N) is 1. The summed E-state index contributed by atoms with van der Waals surface area (Å²) in [6, 6.07) is 12.1. The van der Waals surface area contributed by atoms with Crippen LogP contribution in [0.1, 0.15) is 6.92 Å². The lowest BCUT2D eigenvalue weighted by atomic mass is 10.1. The largest absolute Gasteiger partial charge is 0.479 e. The zero-order chi connectivity index (χ0) is 17.3. The van der Waals surface area contributed by atoms with Gasteiger partial charge in [0.1, 0.15) is 17.3 Å². The number of fused-ring (bicyclic) bond motifs is 1. The summed E-state index contributed by atoms with van der Waals surface area (Å²) in [5.74, 6) is -0.275. The van der Waals surface area contributed by atoms with Gasteiger partial charge >= 0.3 is 0 Å². The summed E-state index contributed by atoms with van der Waals surface area (Å²) in [6.45, 7) is 1.54. The van der Waals surface area contributed by atoms with Crippen LogP contribution in [0.2, 0.25) is 10.0 Å². The zero-order valence-corrected chi connectivity index (χ0v) is 14.3. The molecule has 0 fully saturated rings. The Labute approximate surface area is 149 Å². The summed E-state index contributed by atoms with van der Waals surface area (Å²) in [7, 11) is 0. The Kier molecular flexibility index (Phi) is 4.64. The summed E-state index contributed by atoms with van der Waals surface area (Å²) in [5.41, 5.74) is 1.23. The lowest BCUT2D eigenvalue weighted by Gasteiger charge is -2.31. The third-order valence-corrected chi connectivity index (χ3v) is 4.41. The highest BCUT2D eigenvalue weighted by Crippen LogP contribution is 2.33. The second kappa shape index (κ2) is 6.71. The molecular weight excluding hydrogens is 351 g/mol. The minimum atomic E-state index is -0.833. The zero-order valence-electron chi connectivity index (χ0n) is 12.8. The highest BCUT2D eigenvalue weighted by molar-refractivity contribution is 6.42. The van der Waals surface area contributed by atoms with E-state index in [4.69, 9.17) is 27.9 Å². The Morgan fingerprint density at radius 3 is 2.75 bits per heavy atom. The van der Waals surface area contributed by atoms with Gasteiger partial charge < -0.3 is 10.1 Å². The monoisotopic (exact) mass is 364 g/mol. The molecule has 5 nitrogen and oxygen atoms in total. The van der Waals surface area contributed by atoms with Gasteiger partial charge in [-0.25, -0.2) is 0 Å². The van der Waals surface area contributed by atoms with Crippen LogP contribution in [0, 0.1) is 0 Å². The molecule has 0 aromatic heterocycles. The molecule has 1 aliphatic heterocycles. The number of halogens is 2. The van der Waals surface area contributed by atoms with E-state index >= 15 is 0 Å². The summed E-state index contributed by atoms with van der Waals surface area (Å²) in [4.78, 5) is 26.0. The van der Waals surface area contributed by atoms with Crippen LogP contribution in [0.25, 0.3) is 0 Å². The van der Waals surface area contributed by atoms with Gasteiger partial charge in [-0.05, 0) is 31.2 Å². The Morgan fingerprint density at radius 1 is 1.21 bits per heavy atom. The third kappa shape index (κ3) is 3.18. The number of para-hydroxylation sites is 2. The summed E-state index contributed by atoms with van der Waals surface area (Å²) < 4.78 is 5.65. The van der Waals surface area contributed by atoms with E-state index in [-0.39, 0.29) is 23.4 Å². The normalized spacial score (nSPS) is 14.6. The molecule has 3 rings (SSSR count). The molecular formula is C17H14Cl2N2O3. The number of anilines is 2. The molecule has 1 aliphatic rings. The smallest absolute Gasteiger partial charge is 0.268 e. The predicted molar refractivity (Wildman–Crippen MR) is 94.0 cm³/mol. The Balaban J connectivity index is 1.84. The molecule has 1 unspecified atom stereocenters. The first kappa shape index (κ1) is 16.6. The second-order valence-electron chi connectivity index (χ2n) is 5.30. The first-order valence-corrected chi connectivity index (χ1v) is 8.04. The van der Waals surface area contributed by atoms with E-state index in [0.29, 0.717) is 22.1 Å². The first-order chi connectivity index (χ1) is 11.5. The van der Waals surface area contributed by atoms with Gasteiger partial charge in [-0.2, -0.15) is 0 Å². The van der Waals surface area contributed by atoms with E-state index in [2.05, 4.69) is 5.32 Å². The Hall–Kier alpha value is -2.24. The molecule has 7 heteroatoms. The highest BCUT2D eigenvalue weighted by atomic mass is 35.5. The van der Waals surface area contributed by atoms with Crippen LogP contribution in [0.3, 0.4) is 0 Å². The summed E-state index contributed by atoms with van der Waals surface area (Å²) in [5, 5.41) is 3.33. The number of rotatable bonds is 3. The molecule has 0 saturated heterocycles. The molecule has 0 radical (unpaired) electrons. The second-order valence-corrected chi connectivity index (χ2v) is 6.09. The van der Waals surface area contributed by atoms with Crippen LogP contribution in [0.4, 0.5) is 11.4 Å². The van der Waals surface area contributed by atoms with E-state index in [1.165, 1.54) is 4.90 Å². The van der Waals surface area contributed by atoms with E-state index in [1.54, 1.807) is 49.4 Å². The maximum absolute atomic E-state index is 12.8. The van der Waals surface area contributed by atoms with Crippen LogP contribution >= 0.6 is 23.2 Å². The lowest BCUT2D eigenvalue weighted by molar-refractivity contribution is -0.126. The van der Waals surface area contributed by atoms with Crippen LogP contribution in [-0.4, -0.2) is 24.5 Å². The van der Waals surface area contributed by atoms with Crippen molar-refractivity contribution in [2.24, 2.45) is 0 Å². The molecule has 2 aromatic rings. The van der Waals surface area contributed by atoms with Crippen molar-refractivity contribution in [1.29, 1.82) is 0 Å². The molecule has 2 amide bonds.